The highest BCUT2D eigenvalue weighted by atomic mass is 32.1. The van der Waals surface area contributed by atoms with E-state index in [9.17, 15) is 0 Å². The van der Waals surface area contributed by atoms with Crippen LogP contribution in [0, 0.1) is 0 Å². The summed E-state index contributed by atoms with van der Waals surface area (Å²) in [7, 11) is 0. The van der Waals surface area contributed by atoms with E-state index < -0.39 is 0 Å². The number of fused-ring (bicyclic) bond motifs is 1. The maximum atomic E-state index is 4.74. The SMILES string of the molecule is S=C1N=Nc2n[nH]nc21. The van der Waals surface area contributed by atoms with Crippen molar-refractivity contribution in [3.05, 3.63) is 5.69 Å². The second-order valence-electron chi connectivity index (χ2n) is 1.50. The normalized spacial score (nSPS) is 14.4. The number of rotatable bonds is 0. The van der Waals surface area contributed by atoms with Gasteiger partial charge in [-0.1, -0.05) is 12.2 Å². The molecule has 0 saturated heterocycles. The van der Waals surface area contributed by atoms with Gasteiger partial charge in [-0.3, -0.25) is 0 Å². The van der Waals surface area contributed by atoms with Crippen LogP contribution in [0.1, 0.15) is 5.69 Å². The number of aromatic amines is 1. The van der Waals surface area contributed by atoms with Gasteiger partial charge < -0.3 is 0 Å². The van der Waals surface area contributed by atoms with Crippen LogP contribution in [-0.4, -0.2) is 20.4 Å². The Labute approximate surface area is 55.2 Å². The van der Waals surface area contributed by atoms with Crippen LogP contribution in [0.4, 0.5) is 5.82 Å². The van der Waals surface area contributed by atoms with E-state index >= 15 is 0 Å². The van der Waals surface area contributed by atoms with Gasteiger partial charge in [0.25, 0.3) is 0 Å². The second kappa shape index (κ2) is 1.41. The number of H-pyrrole nitrogens is 1. The number of nitrogens with zero attached hydrogens (tertiary/aromatic N) is 4. The molecule has 9 heavy (non-hydrogen) atoms. The van der Waals surface area contributed by atoms with Gasteiger partial charge in [-0.15, -0.1) is 15.3 Å². The highest BCUT2D eigenvalue weighted by Gasteiger charge is 2.17. The minimum Gasteiger partial charge on any atom is -0.195 e. The molecule has 1 aliphatic heterocycles. The Kier molecular flexibility index (Phi) is 0.734. The molecular weight excluding hydrogens is 138 g/mol. The van der Waals surface area contributed by atoms with Gasteiger partial charge in [0, 0.05) is 0 Å². The molecule has 0 aliphatic carbocycles. The van der Waals surface area contributed by atoms with E-state index in [0.717, 1.165) is 0 Å². The number of aromatic nitrogens is 3. The molecule has 0 spiro atoms. The first-order valence-electron chi connectivity index (χ1n) is 2.25. The highest BCUT2D eigenvalue weighted by molar-refractivity contribution is 7.80. The largest absolute Gasteiger partial charge is 0.226 e. The molecule has 1 aliphatic rings. The maximum absolute atomic E-state index is 4.74. The summed E-state index contributed by atoms with van der Waals surface area (Å²) in [5, 5.41) is 17.0. The summed E-state index contributed by atoms with van der Waals surface area (Å²) in [5.74, 6) is 0.486. The lowest BCUT2D eigenvalue weighted by atomic mass is 10.5. The molecule has 6 heteroatoms. The number of nitrogens with one attached hydrogen (secondary N) is 1. The first kappa shape index (κ1) is 4.68. The number of hydrogen-bond acceptors (Lipinski definition) is 4. The summed E-state index contributed by atoms with van der Waals surface area (Å²) < 4.78 is 0. The zero-order chi connectivity index (χ0) is 6.27. The lowest BCUT2D eigenvalue weighted by Crippen LogP contribution is -1.86. The number of thiocarbonyl (C=S) groups is 1. The molecule has 0 atom stereocenters. The Hall–Kier alpha value is -1.17. The molecule has 2 rings (SSSR count). The quantitative estimate of drug-likeness (QED) is 0.534. The lowest BCUT2D eigenvalue weighted by Gasteiger charge is -1.74. The predicted molar refractivity (Wildman–Crippen MR) is 32.6 cm³/mol. The minimum atomic E-state index is 0.402. The van der Waals surface area contributed by atoms with Crippen LogP contribution in [0.2, 0.25) is 0 Å². The molecule has 0 amide bonds. The molecule has 1 N–H and O–H groups in total. The third-order valence-electron chi connectivity index (χ3n) is 0.968. The first-order chi connectivity index (χ1) is 4.38. The third-order valence-corrected chi connectivity index (χ3v) is 1.24. The zero-order valence-electron chi connectivity index (χ0n) is 4.20. The van der Waals surface area contributed by atoms with Crippen molar-refractivity contribution in [2.75, 3.05) is 0 Å². The van der Waals surface area contributed by atoms with E-state index in [1.165, 1.54) is 0 Å². The Morgan fingerprint density at radius 1 is 1.22 bits per heavy atom. The minimum absolute atomic E-state index is 0.402. The molecular formula is C3HN5S. The summed E-state index contributed by atoms with van der Waals surface area (Å²) >= 11 is 4.74. The smallest absolute Gasteiger partial charge is 0.195 e. The monoisotopic (exact) mass is 139 g/mol. The molecule has 1 aromatic rings. The van der Waals surface area contributed by atoms with Gasteiger partial charge in [-0.2, -0.15) is 10.3 Å². The summed E-state index contributed by atoms with van der Waals surface area (Å²) in [6.45, 7) is 0. The highest BCUT2D eigenvalue weighted by Crippen LogP contribution is 2.20. The van der Waals surface area contributed by atoms with Crippen LogP contribution < -0.4 is 0 Å². The second-order valence-corrected chi connectivity index (χ2v) is 1.89. The van der Waals surface area contributed by atoms with Crippen LogP contribution in [0.3, 0.4) is 0 Å². The molecule has 1 aromatic heterocycles. The van der Waals surface area contributed by atoms with Crippen molar-refractivity contribution in [2.24, 2.45) is 10.2 Å². The molecule has 0 fully saturated rings. The third kappa shape index (κ3) is 0.501. The van der Waals surface area contributed by atoms with E-state index in [1.807, 2.05) is 0 Å². The van der Waals surface area contributed by atoms with E-state index in [2.05, 4.69) is 25.6 Å². The molecule has 44 valence electrons. The Balaban J connectivity index is 2.73. The number of hydrogen-bond donors (Lipinski definition) is 1. The van der Waals surface area contributed by atoms with Gasteiger partial charge in [0.15, 0.2) is 10.7 Å². The summed E-state index contributed by atoms with van der Waals surface area (Å²) in [6.07, 6.45) is 0. The standard InChI is InChI=1S/C3HN5S/c9-3-1-2(5-7-3)6-8-4-1/h(H,4,6,8). The van der Waals surface area contributed by atoms with Gasteiger partial charge in [-0.05, 0) is 0 Å². The fourth-order valence-electron chi connectivity index (χ4n) is 0.579. The van der Waals surface area contributed by atoms with Crippen molar-refractivity contribution < 1.29 is 0 Å². The van der Waals surface area contributed by atoms with Crippen LogP contribution in [0.15, 0.2) is 10.2 Å². The fourth-order valence-corrected chi connectivity index (χ4v) is 0.756. The fraction of sp³-hybridized carbons (Fsp3) is 0. The predicted octanol–water partition coefficient (Wildman–Crippen LogP) is 0.577. The van der Waals surface area contributed by atoms with Crippen molar-refractivity contribution in [1.82, 2.24) is 15.4 Å². The lowest BCUT2D eigenvalue weighted by molar-refractivity contribution is 0.929. The Morgan fingerprint density at radius 2 is 2.11 bits per heavy atom. The maximum Gasteiger partial charge on any atom is 0.226 e. The van der Waals surface area contributed by atoms with E-state index in [-0.39, 0.29) is 0 Å². The first-order valence-corrected chi connectivity index (χ1v) is 2.65. The zero-order valence-corrected chi connectivity index (χ0v) is 5.01. The molecule has 0 bridgehead atoms. The topological polar surface area (TPSA) is 66.3 Å². The van der Waals surface area contributed by atoms with Gasteiger partial charge in [0.2, 0.25) is 5.82 Å². The number of azo groups is 1. The van der Waals surface area contributed by atoms with Gasteiger partial charge in [0.05, 0.1) is 0 Å². The van der Waals surface area contributed by atoms with Crippen molar-refractivity contribution in [1.29, 1.82) is 0 Å². The molecule has 2 heterocycles. The molecule has 0 saturated carbocycles. The summed E-state index contributed by atoms with van der Waals surface area (Å²) in [5.41, 5.74) is 0.574. The van der Waals surface area contributed by atoms with E-state index in [1.54, 1.807) is 0 Å². The average Bonchev–Trinajstić information content (AvgIpc) is 2.35. The Morgan fingerprint density at radius 3 is 2.89 bits per heavy atom. The van der Waals surface area contributed by atoms with Gasteiger partial charge in [0.1, 0.15) is 0 Å². The molecule has 0 aromatic carbocycles. The average molecular weight is 139 g/mol. The van der Waals surface area contributed by atoms with Crippen molar-refractivity contribution in [3.8, 4) is 0 Å². The molecule has 0 unspecified atom stereocenters. The van der Waals surface area contributed by atoms with E-state index in [4.69, 9.17) is 12.2 Å². The van der Waals surface area contributed by atoms with Crippen LogP contribution in [0.25, 0.3) is 0 Å². The van der Waals surface area contributed by atoms with Crippen LogP contribution in [-0.2, 0) is 0 Å². The van der Waals surface area contributed by atoms with Gasteiger partial charge in [-0.25, -0.2) is 0 Å². The summed E-state index contributed by atoms with van der Waals surface area (Å²) in [4.78, 5) is 0.402. The molecule has 0 radical (unpaired) electrons. The van der Waals surface area contributed by atoms with Crippen LogP contribution >= 0.6 is 12.2 Å². The van der Waals surface area contributed by atoms with E-state index in [0.29, 0.717) is 16.5 Å². The van der Waals surface area contributed by atoms with Gasteiger partial charge >= 0.3 is 0 Å². The van der Waals surface area contributed by atoms with Crippen LogP contribution in [0.5, 0.6) is 0 Å². The van der Waals surface area contributed by atoms with Crippen molar-refractivity contribution >= 4 is 23.0 Å². The van der Waals surface area contributed by atoms with Crippen molar-refractivity contribution in [2.45, 2.75) is 0 Å². The Bertz CT molecular complexity index is 286. The molecule has 5 nitrogen and oxygen atoms in total. The summed E-state index contributed by atoms with van der Waals surface area (Å²) in [6, 6.07) is 0. The van der Waals surface area contributed by atoms with Crippen molar-refractivity contribution in [3.63, 3.8) is 0 Å².